The van der Waals surface area contributed by atoms with Crippen molar-refractivity contribution in [3.8, 4) is 5.75 Å². The first-order valence-corrected chi connectivity index (χ1v) is 19.4. The van der Waals surface area contributed by atoms with Gasteiger partial charge in [-0.3, -0.25) is 4.79 Å². The lowest BCUT2D eigenvalue weighted by atomic mass is 10.1. The lowest BCUT2D eigenvalue weighted by Gasteiger charge is -2.19. The fourth-order valence-corrected chi connectivity index (χ4v) is 7.02. The molecule has 1 aromatic carbocycles. The average molecular weight is 584 g/mol. The number of amides is 3. The molecule has 1 aliphatic heterocycles. The fourth-order valence-electron chi connectivity index (χ4n) is 4.88. The lowest BCUT2D eigenvalue weighted by Crippen LogP contribution is -2.35. The maximum atomic E-state index is 14.4. The topological polar surface area (TPSA) is 105 Å². The quantitative estimate of drug-likeness (QED) is 0.177. The predicted molar refractivity (Wildman–Crippen MR) is 149 cm³/mol. The van der Waals surface area contributed by atoms with Crippen molar-refractivity contribution in [2.45, 2.75) is 76.7 Å². The number of urea groups is 1. The Balaban J connectivity index is 1.17. The van der Waals surface area contributed by atoms with Gasteiger partial charge in [-0.1, -0.05) is 32.1 Å². The van der Waals surface area contributed by atoms with E-state index in [1.807, 2.05) is 0 Å². The number of fused-ring (bicyclic) bond motifs is 1. The Morgan fingerprint density at radius 3 is 2.59 bits per heavy atom. The predicted octanol–water partition coefficient (Wildman–Crippen LogP) is 4.27. The molecule has 12 heteroatoms. The van der Waals surface area contributed by atoms with Crippen LogP contribution in [-0.4, -0.2) is 77.0 Å². The van der Waals surface area contributed by atoms with Crippen LogP contribution in [0.1, 0.15) is 55.7 Å². The van der Waals surface area contributed by atoms with Crippen LogP contribution >= 0.6 is 0 Å². The van der Waals surface area contributed by atoms with Crippen molar-refractivity contribution in [2.75, 3.05) is 38.8 Å². The van der Waals surface area contributed by atoms with E-state index in [9.17, 15) is 22.4 Å². The van der Waals surface area contributed by atoms with E-state index in [0.29, 0.717) is 57.8 Å². The monoisotopic (exact) mass is 583 g/mol. The highest BCUT2D eigenvalue weighted by Gasteiger charge is 2.36. The molecule has 1 unspecified atom stereocenters. The van der Waals surface area contributed by atoms with Gasteiger partial charge in [0.05, 0.1) is 12.4 Å². The second kappa shape index (κ2) is 12.7. The number of ether oxygens (including phenoxy) is 2. The van der Waals surface area contributed by atoms with Crippen LogP contribution in [0.15, 0.2) is 12.1 Å². The van der Waals surface area contributed by atoms with Gasteiger partial charge < -0.3 is 14.4 Å². The van der Waals surface area contributed by atoms with Gasteiger partial charge >= 0.3 is 6.03 Å². The Hall–Kier alpha value is -2.02. The van der Waals surface area contributed by atoms with Crippen molar-refractivity contribution in [3.63, 3.8) is 0 Å². The number of carbonyl (C=O) groups is 2. The van der Waals surface area contributed by atoms with Gasteiger partial charge in [-0.15, -0.1) is 0 Å². The van der Waals surface area contributed by atoms with Crippen LogP contribution in [0.5, 0.6) is 5.75 Å². The molecular weight excluding hydrogens is 541 g/mol. The number of imide groups is 1. The van der Waals surface area contributed by atoms with Gasteiger partial charge in [0.15, 0.2) is 11.6 Å². The number of hydrogen-bond acceptors (Lipinski definition) is 6. The molecule has 1 aromatic rings. The third kappa shape index (κ3) is 8.48. The van der Waals surface area contributed by atoms with Crippen LogP contribution in [-0.2, 0) is 26.0 Å². The molecule has 0 bridgehead atoms. The van der Waals surface area contributed by atoms with Crippen LogP contribution < -0.4 is 9.46 Å². The fraction of sp³-hybridized carbons (Fsp3) is 0.704. The summed E-state index contributed by atoms with van der Waals surface area (Å²) >= 11 is 0. The minimum absolute atomic E-state index is 0.0202. The Labute approximate surface area is 232 Å². The Bertz CT molecular complexity index is 1150. The summed E-state index contributed by atoms with van der Waals surface area (Å²) in [6, 6.07) is 3.25. The highest BCUT2D eigenvalue weighted by atomic mass is 32.2. The highest BCUT2D eigenvalue weighted by Crippen LogP contribution is 2.40. The number of halogens is 1. The van der Waals surface area contributed by atoms with Crippen molar-refractivity contribution in [3.05, 3.63) is 29.1 Å². The van der Waals surface area contributed by atoms with Crippen molar-refractivity contribution in [1.29, 1.82) is 0 Å². The second-order valence-corrected chi connectivity index (χ2v) is 19.7. The van der Waals surface area contributed by atoms with Crippen molar-refractivity contribution >= 4 is 30.0 Å². The Morgan fingerprint density at radius 1 is 1.10 bits per heavy atom. The van der Waals surface area contributed by atoms with Crippen LogP contribution in [0.2, 0.25) is 25.7 Å². The molecule has 2 aliphatic carbocycles. The molecule has 2 fully saturated rings. The number of benzene rings is 1. The first kappa shape index (κ1) is 29.9. The summed E-state index contributed by atoms with van der Waals surface area (Å²) in [6.07, 6.45) is 5.01. The summed E-state index contributed by atoms with van der Waals surface area (Å²) in [5.41, 5.74) is 1.56. The Kier molecular flexibility index (Phi) is 9.72. The first-order chi connectivity index (χ1) is 18.4. The molecule has 9 nitrogen and oxygen atoms in total. The number of nitrogens with zero attached hydrogens (tertiary/aromatic N) is 2. The highest BCUT2D eigenvalue weighted by molar-refractivity contribution is 7.89. The minimum atomic E-state index is -3.54. The van der Waals surface area contributed by atoms with Crippen LogP contribution in [0.4, 0.5) is 9.18 Å². The normalized spacial score (nSPS) is 19.7. The van der Waals surface area contributed by atoms with Crippen molar-refractivity contribution < 1.29 is 31.9 Å². The maximum Gasteiger partial charge on any atom is 0.329 e. The first-order valence-electron chi connectivity index (χ1n) is 14.0. The van der Waals surface area contributed by atoms with Gasteiger partial charge in [0.2, 0.25) is 10.0 Å². The molecule has 4 rings (SSSR count). The zero-order valence-electron chi connectivity index (χ0n) is 23.3. The van der Waals surface area contributed by atoms with Gasteiger partial charge in [0.1, 0.15) is 13.3 Å². The maximum absolute atomic E-state index is 14.4. The van der Waals surface area contributed by atoms with E-state index in [1.165, 1.54) is 11.0 Å². The zero-order chi connectivity index (χ0) is 28.2. The standard InChI is InChI=1S/C27H42FN3O6SSi/c1-39(2,3)16-14-36-19-31-25(32)17-30(27(31)33)13-5-4-6-15-38(34,35)29-24-12-10-22-21(24)9-11-23(28)26(22)37-18-20-7-8-20/h9,11,20,24,29H,4-8,10,12-19H2,1-3H3. The summed E-state index contributed by atoms with van der Waals surface area (Å²) in [6.45, 7) is 8.17. The largest absolute Gasteiger partial charge is 0.490 e. The van der Waals surface area contributed by atoms with Gasteiger partial charge in [-0.05, 0) is 62.1 Å². The number of carbonyl (C=O) groups excluding carboxylic acids is 2. The number of hydrogen-bond donors (Lipinski definition) is 1. The molecule has 0 radical (unpaired) electrons. The summed E-state index contributed by atoms with van der Waals surface area (Å²) in [5, 5.41) is 0. The summed E-state index contributed by atoms with van der Waals surface area (Å²) in [7, 11) is -4.78. The van der Waals surface area contributed by atoms with E-state index in [0.717, 1.165) is 34.9 Å². The number of rotatable bonds is 16. The molecule has 1 atom stereocenters. The second-order valence-electron chi connectivity index (χ2n) is 12.2. The van der Waals surface area contributed by atoms with Gasteiger partial charge in [-0.2, -0.15) is 0 Å². The third-order valence-electron chi connectivity index (χ3n) is 7.48. The minimum Gasteiger partial charge on any atom is -0.490 e. The SMILES string of the molecule is C[Si](C)(C)CCOCN1C(=O)CN(CCCCCS(=O)(=O)NC2CCc3c2ccc(F)c3OCC2CC2)C1=O. The smallest absolute Gasteiger partial charge is 0.329 e. The van der Waals surface area contributed by atoms with E-state index in [2.05, 4.69) is 24.4 Å². The average Bonchev–Trinajstić information content (AvgIpc) is 3.54. The van der Waals surface area contributed by atoms with Crippen molar-refractivity contribution in [1.82, 2.24) is 14.5 Å². The van der Waals surface area contributed by atoms with Crippen LogP contribution in [0, 0.1) is 11.7 Å². The zero-order valence-corrected chi connectivity index (χ0v) is 25.2. The van der Waals surface area contributed by atoms with E-state index in [4.69, 9.17) is 9.47 Å². The molecule has 1 saturated heterocycles. The summed E-state index contributed by atoms with van der Waals surface area (Å²) in [5.74, 6) is 0.0753. The summed E-state index contributed by atoms with van der Waals surface area (Å²) < 4.78 is 54.1. The molecule has 0 spiro atoms. The van der Waals surface area contributed by atoms with Crippen LogP contribution in [0.25, 0.3) is 0 Å². The Morgan fingerprint density at radius 2 is 1.87 bits per heavy atom. The molecule has 0 aromatic heterocycles. The van der Waals surface area contributed by atoms with Gasteiger partial charge in [-0.25, -0.2) is 27.2 Å². The van der Waals surface area contributed by atoms with E-state index >= 15 is 0 Å². The molecular formula is C27H42FN3O6SSi. The molecule has 1 saturated carbocycles. The van der Waals surface area contributed by atoms with Gasteiger partial charge in [0.25, 0.3) is 5.91 Å². The van der Waals surface area contributed by atoms with Gasteiger partial charge in [0, 0.05) is 32.8 Å². The third-order valence-corrected chi connectivity index (χ3v) is 10.6. The van der Waals surface area contributed by atoms with E-state index in [1.54, 1.807) is 6.07 Å². The molecule has 39 heavy (non-hydrogen) atoms. The van der Waals surface area contributed by atoms with E-state index < -0.39 is 23.9 Å². The molecule has 1 N–H and O–H groups in total. The lowest BCUT2D eigenvalue weighted by molar-refractivity contribution is -0.128. The van der Waals surface area contributed by atoms with Crippen LogP contribution in [0.3, 0.4) is 0 Å². The molecule has 3 amide bonds. The number of sulfonamides is 1. The summed E-state index contributed by atoms with van der Waals surface area (Å²) in [4.78, 5) is 27.5. The number of nitrogens with one attached hydrogen (secondary N) is 1. The molecule has 3 aliphatic rings. The van der Waals surface area contributed by atoms with Crippen molar-refractivity contribution in [2.24, 2.45) is 5.92 Å². The van der Waals surface area contributed by atoms with E-state index in [-0.39, 0.29) is 42.8 Å². The number of unbranched alkanes of at least 4 members (excludes halogenated alkanes) is 2. The molecule has 1 heterocycles. The molecule has 218 valence electrons.